The first-order chi connectivity index (χ1) is 9.69. The summed E-state index contributed by atoms with van der Waals surface area (Å²) in [4.78, 5) is 11.1. The van der Waals surface area contributed by atoms with Gasteiger partial charge in [0.25, 0.3) is 0 Å². The van der Waals surface area contributed by atoms with Gasteiger partial charge in [-0.05, 0) is 42.3 Å². The molecule has 104 valence electrons. The highest BCUT2D eigenvalue weighted by molar-refractivity contribution is 5.92. The average Bonchev–Trinajstić information content (AvgIpc) is 2.48. The molecule has 0 bridgehead atoms. The molecular weight excluding hydrogens is 252 g/mol. The Morgan fingerprint density at radius 3 is 2.50 bits per heavy atom. The van der Waals surface area contributed by atoms with Crippen molar-refractivity contribution >= 4 is 11.6 Å². The molecule has 0 aliphatic rings. The monoisotopic (exact) mass is 270 g/mol. The van der Waals surface area contributed by atoms with E-state index in [1.165, 1.54) is 5.56 Å². The van der Waals surface area contributed by atoms with Gasteiger partial charge in [0.1, 0.15) is 12.4 Å². The summed E-state index contributed by atoms with van der Waals surface area (Å²) in [6, 6.07) is 15.3. The molecule has 0 aliphatic carbocycles. The molecule has 20 heavy (non-hydrogen) atoms. The Hall–Kier alpha value is -2.33. The van der Waals surface area contributed by atoms with E-state index in [1.54, 1.807) is 12.1 Å². The van der Waals surface area contributed by atoms with Crippen LogP contribution < -0.4 is 15.8 Å². The van der Waals surface area contributed by atoms with Crippen molar-refractivity contribution in [3.8, 4) is 5.75 Å². The van der Waals surface area contributed by atoms with Gasteiger partial charge in [0.2, 0.25) is 5.91 Å². The zero-order chi connectivity index (χ0) is 14.4. The third-order valence-electron chi connectivity index (χ3n) is 2.98. The standard InChI is InChI=1S/C16H18N2O2/c1-12-4-2-3-5-13(12)11-20-15-8-6-14(7-9-15)18-16(19)10-17/h2-9H,10-11,17H2,1H3,(H,18,19). The number of anilines is 1. The molecule has 0 fully saturated rings. The third-order valence-corrected chi connectivity index (χ3v) is 2.98. The first kappa shape index (κ1) is 14.1. The van der Waals surface area contributed by atoms with Crippen molar-refractivity contribution in [2.75, 3.05) is 11.9 Å². The number of nitrogens with two attached hydrogens (primary N) is 1. The van der Waals surface area contributed by atoms with Gasteiger partial charge in [-0.1, -0.05) is 24.3 Å². The summed E-state index contributed by atoms with van der Waals surface area (Å²) in [7, 11) is 0. The summed E-state index contributed by atoms with van der Waals surface area (Å²) in [6.45, 7) is 2.57. The number of carbonyl (C=O) groups excluding carboxylic acids is 1. The second-order valence-corrected chi connectivity index (χ2v) is 4.49. The molecule has 0 radical (unpaired) electrons. The molecule has 0 atom stereocenters. The lowest BCUT2D eigenvalue weighted by Gasteiger charge is -2.09. The minimum atomic E-state index is -0.210. The van der Waals surface area contributed by atoms with E-state index in [0.29, 0.717) is 12.3 Å². The van der Waals surface area contributed by atoms with Crippen LogP contribution in [0.3, 0.4) is 0 Å². The van der Waals surface area contributed by atoms with Crippen LogP contribution in [0.25, 0.3) is 0 Å². The fourth-order valence-corrected chi connectivity index (χ4v) is 1.78. The van der Waals surface area contributed by atoms with Gasteiger partial charge in [-0.2, -0.15) is 0 Å². The molecule has 4 nitrogen and oxygen atoms in total. The molecule has 2 aromatic carbocycles. The molecule has 0 spiro atoms. The molecular formula is C16H18N2O2. The lowest BCUT2D eigenvalue weighted by atomic mass is 10.1. The van der Waals surface area contributed by atoms with Crippen LogP contribution in [0.15, 0.2) is 48.5 Å². The van der Waals surface area contributed by atoms with E-state index < -0.39 is 0 Å². The molecule has 2 rings (SSSR count). The zero-order valence-corrected chi connectivity index (χ0v) is 11.4. The molecule has 0 aliphatic heterocycles. The number of ether oxygens (including phenoxy) is 1. The van der Waals surface area contributed by atoms with E-state index in [0.717, 1.165) is 11.3 Å². The van der Waals surface area contributed by atoms with Crippen LogP contribution in [0, 0.1) is 6.92 Å². The first-order valence-electron chi connectivity index (χ1n) is 6.46. The van der Waals surface area contributed by atoms with Crippen LogP contribution >= 0.6 is 0 Å². The van der Waals surface area contributed by atoms with Crippen LogP contribution in [0.1, 0.15) is 11.1 Å². The lowest BCUT2D eigenvalue weighted by Crippen LogP contribution is -2.21. The van der Waals surface area contributed by atoms with Crippen molar-refractivity contribution in [1.29, 1.82) is 0 Å². The minimum absolute atomic E-state index is 0.0223. The van der Waals surface area contributed by atoms with Crippen molar-refractivity contribution in [2.24, 2.45) is 5.73 Å². The maximum atomic E-state index is 11.1. The molecule has 0 saturated heterocycles. The van der Waals surface area contributed by atoms with E-state index in [4.69, 9.17) is 10.5 Å². The first-order valence-corrected chi connectivity index (χ1v) is 6.46. The normalized spacial score (nSPS) is 10.1. The molecule has 0 heterocycles. The largest absolute Gasteiger partial charge is 0.489 e. The fraction of sp³-hybridized carbons (Fsp3) is 0.188. The van der Waals surface area contributed by atoms with Crippen LogP contribution in [0.2, 0.25) is 0 Å². The summed E-state index contributed by atoms with van der Waals surface area (Å²) in [5.41, 5.74) is 8.32. The zero-order valence-electron chi connectivity index (χ0n) is 11.4. The van der Waals surface area contributed by atoms with Gasteiger partial charge in [0.05, 0.1) is 6.54 Å². The Morgan fingerprint density at radius 1 is 1.15 bits per heavy atom. The van der Waals surface area contributed by atoms with Gasteiger partial charge in [-0.3, -0.25) is 4.79 Å². The second kappa shape index (κ2) is 6.73. The predicted molar refractivity (Wildman–Crippen MR) is 79.6 cm³/mol. The van der Waals surface area contributed by atoms with Crippen LogP contribution in [0.5, 0.6) is 5.75 Å². The van der Waals surface area contributed by atoms with E-state index >= 15 is 0 Å². The van der Waals surface area contributed by atoms with Gasteiger partial charge >= 0.3 is 0 Å². The molecule has 2 aromatic rings. The topological polar surface area (TPSA) is 64.3 Å². The number of carbonyl (C=O) groups is 1. The van der Waals surface area contributed by atoms with Gasteiger partial charge < -0.3 is 15.8 Å². The number of hydrogen-bond donors (Lipinski definition) is 2. The number of amides is 1. The smallest absolute Gasteiger partial charge is 0.238 e. The highest BCUT2D eigenvalue weighted by Crippen LogP contribution is 2.18. The quantitative estimate of drug-likeness (QED) is 0.877. The predicted octanol–water partition coefficient (Wildman–Crippen LogP) is 2.47. The molecule has 0 aromatic heterocycles. The van der Waals surface area contributed by atoms with Gasteiger partial charge in [-0.25, -0.2) is 0 Å². The Labute approximate surface area is 118 Å². The minimum Gasteiger partial charge on any atom is -0.489 e. The number of benzene rings is 2. The SMILES string of the molecule is Cc1ccccc1COc1ccc(NC(=O)CN)cc1. The van der Waals surface area contributed by atoms with Crippen molar-refractivity contribution in [3.63, 3.8) is 0 Å². The van der Waals surface area contributed by atoms with Gasteiger partial charge in [0, 0.05) is 5.69 Å². The van der Waals surface area contributed by atoms with E-state index in [-0.39, 0.29) is 12.5 Å². The highest BCUT2D eigenvalue weighted by atomic mass is 16.5. The van der Waals surface area contributed by atoms with Crippen LogP contribution in [0.4, 0.5) is 5.69 Å². The maximum absolute atomic E-state index is 11.1. The van der Waals surface area contributed by atoms with Crippen molar-refractivity contribution in [2.45, 2.75) is 13.5 Å². The number of aryl methyl sites for hydroxylation is 1. The molecule has 4 heteroatoms. The van der Waals surface area contributed by atoms with Crippen molar-refractivity contribution in [3.05, 3.63) is 59.7 Å². The molecule has 1 amide bonds. The Kier molecular flexibility index (Phi) is 4.74. The Morgan fingerprint density at radius 2 is 1.85 bits per heavy atom. The van der Waals surface area contributed by atoms with Gasteiger partial charge in [-0.15, -0.1) is 0 Å². The Bertz CT molecular complexity index is 579. The summed E-state index contributed by atoms with van der Waals surface area (Å²) < 4.78 is 5.72. The maximum Gasteiger partial charge on any atom is 0.238 e. The number of hydrogen-bond acceptors (Lipinski definition) is 3. The summed E-state index contributed by atoms with van der Waals surface area (Å²) >= 11 is 0. The van der Waals surface area contributed by atoms with E-state index in [1.807, 2.05) is 30.3 Å². The Balaban J connectivity index is 1.94. The third kappa shape index (κ3) is 3.83. The van der Waals surface area contributed by atoms with Crippen LogP contribution in [-0.4, -0.2) is 12.5 Å². The van der Waals surface area contributed by atoms with Crippen LogP contribution in [-0.2, 0) is 11.4 Å². The summed E-state index contributed by atoms with van der Waals surface area (Å²) in [5, 5.41) is 2.68. The van der Waals surface area contributed by atoms with E-state index in [9.17, 15) is 4.79 Å². The number of rotatable bonds is 5. The number of nitrogens with one attached hydrogen (secondary N) is 1. The summed E-state index contributed by atoms with van der Waals surface area (Å²) in [6.07, 6.45) is 0. The lowest BCUT2D eigenvalue weighted by molar-refractivity contribution is -0.114. The summed E-state index contributed by atoms with van der Waals surface area (Å²) in [5.74, 6) is 0.553. The van der Waals surface area contributed by atoms with Crippen molar-refractivity contribution < 1.29 is 9.53 Å². The highest BCUT2D eigenvalue weighted by Gasteiger charge is 2.01. The molecule has 0 unspecified atom stereocenters. The molecule has 3 N–H and O–H groups in total. The van der Waals surface area contributed by atoms with Crippen molar-refractivity contribution in [1.82, 2.24) is 0 Å². The van der Waals surface area contributed by atoms with Gasteiger partial charge in [0.15, 0.2) is 0 Å². The second-order valence-electron chi connectivity index (χ2n) is 4.49. The average molecular weight is 270 g/mol. The van der Waals surface area contributed by atoms with E-state index in [2.05, 4.69) is 18.3 Å². The molecule has 0 saturated carbocycles. The fourth-order valence-electron chi connectivity index (χ4n) is 1.78.